The van der Waals surface area contributed by atoms with Gasteiger partial charge >= 0.3 is 0 Å². The molecule has 0 spiro atoms. The summed E-state index contributed by atoms with van der Waals surface area (Å²) in [6.07, 6.45) is 0. The second kappa shape index (κ2) is 8.36. The van der Waals surface area contributed by atoms with E-state index in [1.165, 1.54) is 6.92 Å². The summed E-state index contributed by atoms with van der Waals surface area (Å²) in [6, 6.07) is 14.6. The summed E-state index contributed by atoms with van der Waals surface area (Å²) in [6.45, 7) is 3.65. The lowest BCUT2D eigenvalue weighted by molar-refractivity contribution is -0.124. The van der Waals surface area contributed by atoms with E-state index in [0.717, 1.165) is 11.3 Å². The normalized spacial score (nSPS) is 11.5. The SMILES string of the molecule is CC(=O)N[C@@H](C)C(=O)Nc1ccc(NCc2ccccc2)c(Cl)c1. The van der Waals surface area contributed by atoms with Gasteiger partial charge in [0, 0.05) is 19.2 Å². The fraction of sp³-hybridized carbons (Fsp3) is 0.222. The van der Waals surface area contributed by atoms with Crippen molar-refractivity contribution in [3.63, 3.8) is 0 Å². The van der Waals surface area contributed by atoms with Gasteiger partial charge in [-0.25, -0.2) is 0 Å². The van der Waals surface area contributed by atoms with Crippen LogP contribution in [0, 0.1) is 0 Å². The fourth-order valence-corrected chi connectivity index (χ4v) is 2.40. The molecule has 0 fully saturated rings. The number of halogens is 1. The Morgan fingerprint density at radius 2 is 1.83 bits per heavy atom. The van der Waals surface area contributed by atoms with E-state index < -0.39 is 6.04 Å². The Balaban J connectivity index is 1.96. The minimum absolute atomic E-state index is 0.254. The van der Waals surface area contributed by atoms with Gasteiger partial charge in [0.05, 0.1) is 10.7 Å². The molecule has 0 unspecified atom stereocenters. The van der Waals surface area contributed by atoms with E-state index in [0.29, 0.717) is 17.3 Å². The first-order chi connectivity index (χ1) is 11.5. The summed E-state index contributed by atoms with van der Waals surface area (Å²) in [5.74, 6) is -0.553. The van der Waals surface area contributed by atoms with Crippen LogP contribution in [0.2, 0.25) is 5.02 Å². The number of nitrogens with one attached hydrogen (secondary N) is 3. The highest BCUT2D eigenvalue weighted by Gasteiger charge is 2.14. The van der Waals surface area contributed by atoms with Gasteiger partial charge < -0.3 is 16.0 Å². The largest absolute Gasteiger partial charge is 0.380 e. The van der Waals surface area contributed by atoms with Crippen LogP contribution >= 0.6 is 11.6 Å². The second-order valence-corrected chi connectivity index (χ2v) is 5.85. The first kappa shape index (κ1) is 17.8. The van der Waals surface area contributed by atoms with Crippen LogP contribution in [0.1, 0.15) is 19.4 Å². The zero-order chi connectivity index (χ0) is 17.5. The Kier molecular flexibility index (Phi) is 6.21. The minimum atomic E-state index is -0.614. The van der Waals surface area contributed by atoms with Crippen LogP contribution < -0.4 is 16.0 Å². The van der Waals surface area contributed by atoms with Crippen LogP contribution in [0.5, 0.6) is 0 Å². The molecule has 0 aliphatic rings. The lowest BCUT2D eigenvalue weighted by atomic mass is 10.2. The first-order valence-electron chi connectivity index (χ1n) is 7.61. The van der Waals surface area contributed by atoms with Crippen molar-refractivity contribution in [3.05, 3.63) is 59.1 Å². The smallest absolute Gasteiger partial charge is 0.246 e. The van der Waals surface area contributed by atoms with Crippen molar-refractivity contribution in [3.8, 4) is 0 Å². The molecule has 0 heterocycles. The molecule has 0 saturated carbocycles. The van der Waals surface area contributed by atoms with Crippen LogP contribution in [-0.4, -0.2) is 17.9 Å². The maximum atomic E-state index is 12.0. The van der Waals surface area contributed by atoms with Gasteiger partial charge in [-0.15, -0.1) is 0 Å². The molecule has 0 aliphatic carbocycles. The van der Waals surface area contributed by atoms with Crippen LogP contribution in [0.25, 0.3) is 0 Å². The number of anilines is 2. The lowest BCUT2D eigenvalue weighted by Crippen LogP contribution is -2.40. The van der Waals surface area contributed by atoms with Crippen molar-refractivity contribution in [1.29, 1.82) is 0 Å². The Morgan fingerprint density at radius 1 is 1.12 bits per heavy atom. The summed E-state index contributed by atoms with van der Waals surface area (Å²) < 4.78 is 0. The van der Waals surface area contributed by atoms with Gasteiger partial charge in [0.1, 0.15) is 6.04 Å². The van der Waals surface area contributed by atoms with E-state index in [9.17, 15) is 9.59 Å². The quantitative estimate of drug-likeness (QED) is 0.751. The molecule has 0 aromatic heterocycles. The van der Waals surface area contributed by atoms with Gasteiger partial charge in [0.15, 0.2) is 0 Å². The average Bonchev–Trinajstić information content (AvgIpc) is 2.54. The molecule has 2 amide bonds. The number of hydrogen-bond donors (Lipinski definition) is 3. The monoisotopic (exact) mass is 345 g/mol. The summed E-state index contributed by atoms with van der Waals surface area (Å²) in [7, 11) is 0. The zero-order valence-corrected chi connectivity index (χ0v) is 14.4. The van der Waals surface area contributed by atoms with E-state index in [1.54, 1.807) is 19.1 Å². The molecular weight excluding hydrogens is 326 g/mol. The highest BCUT2D eigenvalue weighted by atomic mass is 35.5. The summed E-state index contributed by atoms with van der Waals surface area (Å²) in [5.41, 5.74) is 2.51. The summed E-state index contributed by atoms with van der Waals surface area (Å²) >= 11 is 6.26. The van der Waals surface area contributed by atoms with Gasteiger partial charge in [0.25, 0.3) is 0 Å². The molecule has 24 heavy (non-hydrogen) atoms. The fourth-order valence-electron chi connectivity index (χ4n) is 2.15. The number of amides is 2. The molecular formula is C18H20ClN3O2. The van der Waals surface area contributed by atoms with Gasteiger partial charge in [-0.1, -0.05) is 41.9 Å². The third kappa shape index (κ3) is 5.28. The molecule has 5 nitrogen and oxygen atoms in total. The van der Waals surface area contributed by atoms with E-state index >= 15 is 0 Å². The Labute approximate surface area is 146 Å². The van der Waals surface area contributed by atoms with Gasteiger partial charge in [-0.3, -0.25) is 9.59 Å². The van der Waals surface area contributed by atoms with E-state index in [2.05, 4.69) is 16.0 Å². The Morgan fingerprint density at radius 3 is 2.46 bits per heavy atom. The maximum Gasteiger partial charge on any atom is 0.246 e. The second-order valence-electron chi connectivity index (χ2n) is 5.45. The van der Waals surface area contributed by atoms with Crippen molar-refractivity contribution in [2.24, 2.45) is 0 Å². The third-order valence-corrected chi connectivity index (χ3v) is 3.69. The van der Waals surface area contributed by atoms with Crippen molar-refractivity contribution in [2.45, 2.75) is 26.4 Å². The van der Waals surface area contributed by atoms with E-state index in [4.69, 9.17) is 11.6 Å². The number of benzene rings is 2. The van der Waals surface area contributed by atoms with Gasteiger partial charge in [-0.2, -0.15) is 0 Å². The Bertz CT molecular complexity index is 719. The molecule has 0 bridgehead atoms. The van der Waals surface area contributed by atoms with Gasteiger partial charge in [-0.05, 0) is 30.7 Å². The zero-order valence-electron chi connectivity index (χ0n) is 13.6. The van der Waals surface area contributed by atoms with E-state index in [1.807, 2.05) is 36.4 Å². The van der Waals surface area contributed by atoms with Crippen LogP contribution in [0.3, 0.4) is 0 Å². The van der Waals surface area contributed by atoms with Crippen molar-refractivity contribution in [1.82, 2.24) is 5.32 Å². The summed E-state index contributed by atoms with van der Waals surface area (Å²) in [4.78, 5) is 22.9. The molecule has 6 heteroatoms. The van der Waals surface area contributed by atoms with Crippen LogP contribution in [-0.2, 0) is 16.1 Å². The molecule has 126 valence electrons. The number of hydrogen-bond acceptors (Lipinski definition) is 3. The minimum Gasteiger partial charge on any atom is -0.380 e. The molecule has 2 aromatic rings. The maximum absolute atomic E-state index is 12.0. The predicted octanol–water partition coefficient (Wildman–Crippen LogP) is 3.42. The Hall–Kier alpha value is -2.53. The molecule has 1 atom stereocenters. The standard InChI is InChI=1S/C18H20ClN3O2/c1-12(21-13(2)23)18(24)22-15-8-9-17(16(19)10-15)20-11-14-6-4-3-5-7-14/h3-10,12,20H,11H2,1-2H3,(H,21,23)(H,22,24)/t12-/m0/s1. The highest BCUT2D eigenvalue weighted by Crippen LogP contribution is 2.26. The summed E-state index contributed by atoms with van der Waals surface area (Å²) in [5, 5.41) is 9.02. The molecule has 0 aliphatic heterocycles. The number of carbonyl (C=O) groups excluding carboxylic acids is 2. The predicted molar refractivity (Wildman–Crippen MR) is 97.1 cm³/mol. The van der Waals surface area contributed by atoms with Crippen LogP contribution in [0.15, 0.2) is 48.5 Å². The average molecular weight is 346 g/mol. The molecule has 0 saturated heterocycles. The van der Waals surface area contributed by atoms with Crippen LogP contribution in [0.4, 0.5) is 11.4 Å². The molecule has 3 N–H and O–H groups in total. The molecule has 2 aromatic carbocycles. The molecule has 2 rings (SSSR count). The van der Waals surface area contributed by atoms with Crippen molar-refractivity contribution >= 4 is 34.8 Å². The van der Waals surface area contributed by atoms with Gasteiger partial charge in [0.2, 0.25) is 11.8 Å². The first-order valence-corrected chi connectivity index (χ1v) is 7.99. The number of rotatable bonds is 6. The lowest BCUT2D eigenvalue weighted by Gasteiger charge is -2.14. The van der Waals surface area contributed by atoms with Crippen molar-refractivity contribution in [2.75, 3.05) is 10.6 Å². The highest BCUT2D eigenvalue weighted by molar-refractivity contribution is 6.33. The number of carbonyl (C=O) groups is 2. The third-order valence-electron chi connectivity index (χ3n) is 3.38. The van der Waals surface area contributed by atoms with Crippen molar-refractivity contribution < 1.29 is 9.59 Å². The molecule has 0 radical (unpaired) electrons. The topological polar surface area (TPSA) is 70.2 Å². The van der Waals surface area contributed by atoms with E-state index in [-0.39, 0.29) is 11.8 Å².